The SMILES string of the molecule is Cc1c(CC(=O)O)c2cccnc2n1S(=O)(=O)c1cc(F)ccc1F. The summed E-state index contributed by atoms with van der Waals surface area (Å²) in [5.41, 5.74) is 0.288. The smallest absolute Gasteiger partial charge is 0.307 e. The molecule has 6 nitrogen and oxygen atoms in total. The molecule has 0 unspecified atom stereocenters. The highest BCUT2D eigenvalue weighted by Crippen LogP contribution is 2.30. The minimum absolute atomic E-state index is 0.0417. The van der Waals surface area contributed by atoms with Crippen LogP contribution in [0.5, 0.6) is 0 Å². The van der Waals surface area contributed by atoms with Crippen molar-refractivity contribution >= 4 is 27.0 Å². The first-order valence-corrected chi connectivity index (χ1v) is 8.55. The van der Waals surface area contributed by atoms with Crippen LogP contribution in [0, 0.1) is 18.6 Å². The Morgan fingerprint density at radius 2 is 2.00 bits per heavy atom. The fourth-order valence-electron chi connectivity index (χ4n) is 2.71. The standard InChI is InChI=1S/C16H12F2N2O4S/c1-9-12(8-15(21)22)11-3-2-6-19-16(11)20(9)25(23,24)14-7-10(17)4-5-13(14)18/h2-7H,8H2,1H3,(H,21,22). The van der Waals surface area contributed by atoms with Gasteiger partial charge in [0.25, 0.3) is 10.0 Å². The summed E-state index contributed by atoms with van der Waals surface area (Å²) in [6, 6.07) is 5.17. The van der Waals surface area contributed by atoms with Gasteiger partial charge in [-0.3, -0.25) is 4.79 Å². The molecule has 0 spiro atoms. The van der Waals surface area contributed by atoms with E-state index >= 15 is 0 Å². The highest BCUT2D eigenvalue weighted by molar-refractivity contribution is 7.90. The largest absolute Gasteiger partial charge is 0.481 e. The average molecular weight is 366 g/mol. The van der Waals surface area contributed by atoms with Gasteiger partial charge >= 0.3 is 5.97 Å². The number of hydrogen-bond acceptors (Lipinski definition) is 4. The van der Waals surface area contributed by atoms with Crippen molar-refractivity contribution in [2.45, 2.75) is 18.2 Å². The highest BCUT2D eigenvalue weighted by Gasteiger charge is 2.29. The molecule has 130 valence electrons. The van der Waals surface area contributed by atoms with Crippen molar-refractivity contribution in [2.75, 3.05) is 0 Å². The van der Waals surface area contributed by atoms with Crippen molar-refractivity contribution in [3.05, 3.63) is 59.4 Å². The lowest BCUT2D eigenvalue weighted by Gasteiger charge is -2.10. The van der Waals surface area contributed by atoms with Gasteiger partial charge in [0, 0.05) is 17.3 Å². The summed E-state index contributed by atoms with van der Waals surface area (Å²) in [5.74, 6) is -3.17. The Morgan fingerprint density at radius 3 is 2.68 bits per heavy atom. The lowest BCUT2D eigenvalue weighted by atomic mass is 10.1. The van der Waals surface area contributed by atoms with E-state index in [9.17, 15) is 22.0 Å². The van der Waals surface area contributed by atoms with Gasteiger partial charge in [0.15, 0.2) is 5.65 Å². The summed E-state index contributed by atoms with van der Waals surface area (Å²) in [5, 5.41) is 9.39. The number of aliphatic carboxylic acids is 1. The predicted molar refractivity (Wildman–Crippen MR) is 84.8 cm³/mol. The van der Waals surface area contributed by atoms with E-state index in [4.69, 9.17) is 5.11 Å². The van der Waals surface area contributed by atoms with Crippen molar-refractivity contribution in [2.24, 2.45) is 0 Å². The minimum atomic E-state index is -4.52. The molecule has 0 aliphatic rings. The lowest BCUT2D eigenvalue weighted by Crippen LogP contribution is -2.17. The van der Waals surface area contributed by atoms with Crippen LogP contribution in [0.1, 0.15) is 11.3 Å². The second-order valence-corrected chi connectivity index (χ2v) is 7.11. The van der Waals surface area contributed by atoms with Crippen LogP contribution in [0.4, 0.5) is 8.78 Å². The molecule has 3 aromatic rings. The number of carboxylic acid groups (broad SMARTS) is 1. The maximum absolute atomic E-state index is 14.0. The Morgan fingerprint density at radius 1 is 1.28 bits per heavy atom. The van der Waals surface area contributed by atoms with Crippen molar-refractivity contribution in [3.8, 4) is 0 Å². The van der Waals surface area contributed by atoms with E-state index in [-0.39, 0.29) is 16.9 Å². The van der Waals surface area contributed by atoms with Crippen LogP contribution in [-0.2, 0) is 21.2 Å². The zero-order chi connectivity index (χ0) is 18.4. The van der Waals surface area contributed by atoms with Crippen molar-refractivity contribution in [1.82, 2.24) is 8.96 Å². The van der Waals surface area contributed by atoms with E-state index in [0.29, 0.717) is 11.5 Å². The molecule has 0 aliphatic heterocycles. The molecule has 1 N–H and O–H groups in total. The van der Waals surface area contributed by atoms with Crippen LogP contribution >= 0.6 is 0 Å². The molecule has 2 aromatic heterocycles. The minimum Gasteiger partial charge on any atom is -0.481 e. The number of rotatable bonds is 4. The van der Waals surface area contributed by atoms with Crippen LogP contribution < -0.4 is 0 Å². The van der Waals surface area contributed by atoms with E-state index in [0.717, 1.165) is 16.1 Å². The van der Waals surface area contributed by atoms with Gasteiger partial charge in [-0.2, -0.15) is 0 Å². The lowest BCUT2D eigenvalue weighted by molar-refractivity contribution is -0.136. The third-order valence-electron chi connectivity index (χ3n) is 3.79. The third kappa shape index (κ3) is 2.76. The van der Waals surface area contributed by atoms with Gasteiger partial charge in [-0.1, -0.05) is 0 Å². The summed E-state index contributed by atoms with van der Waals surface area (Å²) in [6.07, 6.45) is 0.905. The number of pyridine rings is 1. The van der Waals surface area contributed by atoms with Gasteiger partial charge in [0.1, 0.15) is 16.5 Å². The molecule has 0 saturated carbocycles. The zero-order valence-corrected chi connectivity index (χ0v) is 13.7. The van der Waals surface area contributed by atoms with Crippen LogP contribution in [0.2, 0.25) is 0 Å². The second kappa shape index (κ2) is 5.92. The number of nitrogens with zero attached hydrogens (tertiary/aromatic N) is 2. The summed E-state index contributed by atoms with van der Waals surface area (Å²) in [4.78, 5) is 14.2. The Labute approximate surface area is 141 Å². The number of benzene rings is 1. The number of hydrogen-bond donors (Lipinski definition) is 1. The van der Waals surface area contributed by atoms with Crippen molar-refractivity contribution < 1.29 is 27.1 Å². The van der Waals surface area contributed by atoms with E-state index in [1.165, 1.54) is 25.3 Å². The fraction of sp³-hybridized carbons (Fsp3) is 0.125. The maximum Gasteiger partial charge on any atom is 0.307 e. The molecule has 0 amide bonds. The number of halogens is 2. The topological polar surface area (TPSA) is 89.3 Å². The average Bonchev–Trinajstić information content (AvgIpc) is 2.82. The number of carboxylic acids is 1. The molecule has 0 fully saturated rings. The second-order valence-electron chi connectivity index (χ2n) is 5.35. The molecule has 0 radical (unpaired) electrons. The Kier molecular flexibility index (Phi) is 4.03. The van der Waals surface area contributed by atoms with Gasteiger partial charge in [0.05, 0.1) is 6.42 Å². The third-order valence-corrected chi connectivity index (χ3v) is 5.58. The first-order valence-electron chi connectivity index (χ1n) is 7.11. The first kappa shape index (κ1) is 17.0. The highest BCUT2D eigenvalue weighted by atomic mass is 32.2. The van der Waals surface area contributed by atoms with Crippen molar-refractivity contribution in [1.29, 1.82) is 0 Å². The molecule has 1 aromatic carbocycles. The Bertz CT molecular complexity index is 1110. The Hall–Kier alpha value is -2.81. The summed E-state index contributed by atoms with van der Waals surface area (Å²) < 4.78 is 54.0. The number of fused-ring (bicyclic) bond motifs is 1. The monoisotopic (exact) mass is 366 g/mol. The molecule has 2 heterocycles. The predicted octanol–water partition coefficient (Wildman–Crippen LogP) is 2.49. The summed E-state index contributed by atoms with van der Waals surface area (Å²) in [7, 11) is -4.52. The fourth-order valence-corrected chi connectivity index (χ4v) is 4.33. The molecule has 3 rings (SSSR count). The van der Waals surface area contributed by atoms with E-state index in [2.05, 4.69) is 4.98 Å². The molecular weight excluding hydrogens is 354 g/mol. The quantitative estimate of drug-likeness (QED) is 0.766. The molecule has 9 heteroatoms. The Balaban J connectivity index is 2.37. The molecule has 0 aliphatic carbocycles. The molecular formula is C16H12F2N2O4S. The van der Waals surface area contributed by atoms with Crippen LogP contribution in [-0.4, -0.2) is 28.5 Å². The first-order chi connectivity index (χ1) is 11.7. The van der Waals surface area contributed by atoms with Crippen LogP contribution in [0.3, 0.4) is 0 Å². The van der Waals surface area contributed by atoms with Crippen molar-refractivity contribution in [3.63, 3.8) is 0 Å². The number of carbonyl (C=O) groups is 1. The van der Waals surface area contributed by atoms with Gasteiger partial charge < -0.3 is 5.11 Å². The maximum atomic E-state index is 14.0. The van der Waals surface area contributed by atoms with Gasteiger partial charge in [-0.05, 0) is 42.8 Å². The number of aromatic nitrogens is 2. The van der Waals surface area contributed by atoms with E-state index in [1.807, 2.05) is 0 Å². The van der Waals surface area contributed by atoms with E-state index < -0.39 is 38.9 Å². The molecule has 0 saturated heterocycles. The van der Waals surface area contributed by atoms with Gasteiger partial charge in [-0.25, -0.2) is 26.2 Å². The van der Waals surface area contributed by atoms with Gasteiger partial charge in [0.2, 0.25) is 0 Å². The van der Waals surface area contributed by atoms with E-state index in [1.54, 1.807) is 0 Å². The molecule has 0 bridgehead atoms. The van der Waals surface area contributed by atoms with Crippen LogP contribution in [0.25, 0.3) is 11.0 Å². The normalized spacial score (nSPS) is 11.8. The zero-order valence-electron chi connectivity index (χ0n) is 12.9. The van der Waals surface area contributed by atoms with Crippen LogP contribution in [0.15, 0.2) is 41.4 Å². The molecule has 0 atom stereocenters. The molecule has 25 heavy (non-hydrogen) atoms. The van der Waals surface area contributed by atoms with Gasteiger partial charge in [-0.15, -0.1) is 0 Å². The summed E-state index contributed by atoms with van der Waals surface area (Å²) in [6.45, 7) is 1.40. The summed E-state index contributed by atoms with van der Waals surface area (Å²) >= 11 is 0.